The molecule has 2 saturated heterocycles. The van der Waals surface area contributed by atoms with Gasteiger partial charge in [-0.15, -0.1) is 0 Å². The number of nitrogens with one attached hydrogen (secondary N) is 3. The molecule has 1 aromatic carbocycles. The van der Waals surface area contributed by atoms with Crippen molar-refractivity contribution in [3.05, 3.63) is 47.3 Å². The van der Waals surface area contributed by atoms with Crippen molar-refractivity contribution in [2.75, 3.05) is 43.5 Å². The van der Waals surface area contributed by atoms with Gasteiger partial charge in [0.05, 0.1) is 18.8 Å². The summed E-state index contributed by atoms with van der Waals surface area (Å²) < 4.78 is 11.4. The van der Waals surface area contributed by atoms with Crippen molar-refractivity contribution >= 4 is 23.2 Å². The second-order valence-corrected chi connectivity index (χ2v) is 10.5. The van der Waals surface area contributed by atoms with Gasteiger partial charge in [0.1, 0.15) is 11.4 Å². The monoisotopic (exact) mass is 518 g/mol. The summed E-state index contributed by atoms with van der Waals surface area (Å²) >= 11 is 0. The molecule has 0 radical (unpaired) electrons. The molecule has 0 bridgehead atoms. The fourth-order valence-corrected chi connectivity index (χ4v) is 5.19. The van der Waals surface area contributed by atoms with Crippen LogP contribution in [-0.2, 0) is 16.0 Å². The third-order valence-corrected chi connectivity index (χ3v) is 7.45. The van der Waals surface area contributed by atoms with E-state index in [1.807, 2.05) is 25.1 Å². The molecule has 3 aromatic rings. The smallest absolute Gasteiger partial charge is 0.271 e. The summed E-state index contributed by atoms with van der Waals surface area (Å²) in [5.74, 6) is 0.216. The number of hydrogen-bond donors (Lipinski definition) is 4. The molecule has 1 amide bonds. The predicted octanol–water partition coefficient (Wildman–Crippen LogP) is 2.97. The molecule has 1 saturated carbocycles. The maximum Gasteiger partial charge on any atom is 0.271 e. The van der Waals surface area contributed by atoms with Gasteiger partial charge >= 0.3 is 0 Å². The third kappa shape index (κ3) is 5.50. The van der Waals surface area contributed by atoms with Gasteiger partial charge in [0, 0.05) is 43.7 Å². The minimum Gasteiger partial charge on any atom is -0.379 e. The number of anilines is 3. The van der Waals surface area contributed by atoms with Gasteiger partial charge in [-0.1, -0.05) is 12.1 Å². The van der Waals surface area contributed by atoms with Crippen molar-refractivity contribution in [1.82, 2.24) is 25.1 Å². The van der Waals surface area contributed by atoms with E-state index in [2.05, 4.69) is 42.8 Å². The van der Waals surface area contributed by atoms with Gasteiger partial charge in [-0.2, -0.15) is 5.10 Å². The van der Waals surface area contributed by atoms with E-state index in [1.54, 1.807) is 0 Å². The van der Waals surface area contributed by atoms with Crippen molar-refractivity contribution in [1.29, 1.82) is 0 Å². The molecule has 200 valence electrons. The lowest BCUT2D eigenvalue weighted by atomic mass is 10.0. The number of primary amides is 1. The molecular formula is C27H34N8O3. The molecule has 11 heteroatoms. The molecule has 4 heterocycles. The molecule has 5 N–H and O–H groups in total. The van der Waals surface area contributed by atoms with Crippen LogP contribution in [-0.4, -0.2) is 75.5 Å². The average Bonchev–Trinajstić information content (AvgIpc) is 3.50. The first-order valence-electron chi connectivity index (χ1n) is 13.3. The van der Waals surface area contributed by atoms with Crippen LogP contribution in [0.2, 0.25) is 0 Å². The minimum atomic E-state index is -0.660. The number of hydrogen-bond acceptors (Lipinski definition) is 9. The number of nitrogens with two attached hydrogens (primary N) is 1. The van der Waals surface area contributed by atoms with Crippen molar-refractivity contribution < 1.29 is 14.3 Å². The predicted molar refractivity (Wildman–Crippen MR) is 143 cm³/mol. The first-order valence-corrected chi connectivity index (χ1v) is 13.3. The lowest BCUT2D eigenvalue weighted by Gasteiger charge is -2.31. The third-order valence-electron chi connectivity index (χ3n) is 7.45. The molecule has 11 nitrogen and oxygen atoms in total. The first-order chi connectivity index (χ1) is 18.5. The van der Waals surface area contributed by atoms with Crippen LogP contribution in [0.25, 0.3) is 11.4 Å². The Morgan fingerprint density at radius 2 is 1.95 bits per heavy atom. The van der Waals surface area contributed by atoms with Gasteiger partial charge in [-0.3, -0.25) is 14.8 Å². The average molecular weight is 519 g/mol. The summed E-state index contributed by atoms with van der Waals surface area (Å²) in [6.45, 7) is 6.91. The molecule has 1 atom stereocenters. The largest absolute Gasteiger partial charge is 0.379 e. The summed E-state index contributed by atoms with van der Waals surface area (Å²) in [5, 5.41) is 14.2. The number of H-pyrrole nitrogens is 1. The lowest BCUT2D eigenvalue weighted by Crippen LogP contribution is -2.36. The van der Waals surface area contributed by atoms with Crippen LogP contribution in [0.15, 0.2) is 30.3 Å². The van der Waals surface area contributed by atoms with Gasteiger partial charge in [0.2, 0.25) is 0 Å². The summed E-state index contributed by atoms with van der Waals surface area (Å²) in [5.41, 5.74) is 9.82. The van der Waals surface area contributed by atoms with Crippen LogP contribution in [0.4, 0.5) is 17.3 Å². The molecule has 3 aliphatic rings. The topological polar surface area (TPSA) is 143 Å². The van der Waals surface area contributed by atoms with E-state index in [1.165, 1.54) is 5.56 Å². The molecule has 1 aliphatic carbocycles. The summed E-state index contributed by atoms with van der Waals surface area (Å²) in [6, 6.07) is 10.2. The zero-order valence-electron chi connectivity index (χ0n) is 21.6. The number of carbonyl (C=O) groups is 1. The fraction of sp³-hybridized carbons (Fsp3) is 0.481. The molecular weight excluding hydrogens is 484 g/mol. The number of morpholine rings is 1. The van der Waals surface area contributed by atoms with Crippen molar-refractivity contribution in [3.63, 3.8) is 0 Å². The number of nitrogens with zero attached hydrogens (tertiary/aromatic N) is 4. The Morgan fingerprint density at radius 1 is 1.16 bits per heavy atom. The highest BCUT2D eigenvalue weighted by Gasteiger charge is 2.48. The number of benzene rings is 1. The zero-order valence-corrected chi connectivity index (χ0v) is 21.6. The summed E-state index contributed by atoms with van der Waals surface area (Å²) in [6.07, 6.45) is 3.97. The molecule has 3 fully saturated rings. The van der Waals surface area contributed by atoms with Crippen molar-refractivity contribution in [2.45, 2.75) is 50.8 Å². The van der Waals surface area contributed by atoms with E-state index in [9.17, 15) is 4.79 Å². The van der Waals surface area contributed by atoms with Crippen LogP contribution in [0.5, 0.6) is 0 Å². The quantitative estimate of drug-likeness (QED) is 0.354. The number of carbonyl (C=O) groups excluding carboxylic acids is 1. The van der Waals surface area contributed by atoms with Crippen LogP contribution < -0.4 is 16.4 Å². The van der Waals surface area contributed by atoms with Crippen LogP contribution >= 0.6 is 0 Å². The Labute approximate surface area is 221 Å². The van der Waals surface area contributed by atoms with E-state index >= 15 is 0 Å². The number of aromatic amines is 1. The Bertz CT molecular complexity index is 1300. The van der Waals surface area contributed by atoms with E-state index < -0.39 is 5.91 Å². The van der Waals surface area contributed by atoms with Gasteiger partial charge in [0.25, 0.3) is 5.91 Å². The number of rotatable bonds is 8. The minimum absolute atomic E-state index is 0.00361. The maximum atomic E-state index is 12.5. The Morgan fingerprint density at radius 3 is 2.63 bits per heavy atom. The molecule has 1 unspecified atom stereocenters. The van der Waals surface area contributed by atoms with E-state index in [4.69, 9.17) is 20.2 Å². The number of amides is 1. The Balaban J connectivity index is 1.28. The maximum absolute atomic E-state index is 12.5. The normalized spacial score (nSPS) is 20.8. The first kappa shape index (κ1) is 24.8. The van der Waals surface area contributed by atoms with Gasteiger partial charge in [0.15, 0.2) is 17.3 Å². The molecule has 38 heavy (non-hydrogen) atoms. The fourth-order valence-electron chi connectivity index (χ4n) is 5.19. The number of aromatic nitrogens is 4. The molecule has 6 rings (SSSR count). The Kier molecular flexibility index (Phi) is 6.73. The van der Waals surface area contributed by atoms with Crippen LogP contribution in [0, 0.1) is 6.92 Å². The SMILES string of the molecule is Cc1cc(-c2nc(C(N)=O)c(Nc3ccc(CN4CCOCC4)cc3)nc2NC2CCOC3(CC3)C2)n[nH]1. The standard InChI is InChI=1S/C27H34N8O3/c1-17-14-21(34-33-17)22-25(30-20-6-11-38-27(15-20)7-8-27)32-26(23(31-22)24(28)36)29-19-4-2-18(3-5-19)16-35-9-12-37-13-10-35/h2-5,14,20H,6-13,15-16H2,1H3,(H2,28,36)(H,33,34)(H2,29,30,32). The van der Waals surface area contributed by atoms with E-state index in [-0.39, 0.29) is 17.3 Å². The zero-order chi connectivity index (χ0) is 26.1. The number of ether oxygens (including phenoxy) is 2. The molecule has 2 aromatic heterocycles. The van der Waals surface area contributed by atoms with Crippen molar-refractivity contribution in [2.24, 2.45) is 5.73 Å². The highest BCUT2D eigenvalue weighted by atomic mass is 16.5. The second-order valence-electron chi connectivity index (χ2n) is 10.5. The van der Waals surface area contributed by atoms with Gasteiger partial charge in [-0.25, -0.2) is 9.97 Å². The van der Waals surface area contributed by atoms with Crippen molar-refractivity contribution in [3.8, 4) is 11.4 Å². The summed E-state index contributed by atoms with van der Waals surface area (Å²) in [7, 11) is 0. The van der Waals surface area contributed by atoms with E-state index in [0.717, 1.165) is 69.9 Å². The molecule has 1 spiro atoms. The van der Waals surface area contributed by atoms with E-state index in [0.29, 0.717) is 29.6 Å². The number of aryl methyl sites for hydroxylation is 1. The highest BCUT2D eigenvalue weighted by Crippen LogP contribution is 2.47. The van der Waals surface area contributed by atoms with Crippen LogP contribution in [0.1, 0.15) is 47.4 Å². The van der Waals surface area contributed by atoms with Gasteiger partial charge < -0.3 is 25.8 Å². The second kappa shape index (κ2) is 10.3. The van der Waals surface area contributed by atoms with Gasteiger partial charge in [-0.05, 0) is 56.4 Å². The lowest BCUT2D eigenvalue weighted by molar-refractivity contribution is -0.00884. The highest BCUT2D eigenvalue weighted by molar-refractivity contribution is 5.97. The Hall–Kier alpha value is -3.54. The molecule has 2 aliphatic heterocycles. The summed E-state index contributed by atoms with van der Waals surface area (Å²) in [4.78, 5) is 24.4. The van der Waals surface area contributed by atoms with Crippen LogP contribution in [0.3, 0.4) is 0 Å².